The topological polar surface area (TPSA) is 35.5 Å². The molecule has 3 heteroatoms. The van der Waals surface area contributed by atoms with Gasteiger partial charge >= 0.3 is 0 Å². The number of hydrogen-bond acceptors (Lipinski definition) is 3. The molecule has 1 aliphatic rings. The lowest BCUT2D eigenvalue weighted by Gasteiger charge is -2.13. The van der Waals surface area contributed by atoms with Crippen LogP contribution in [-0.4, -0.2) is 26.3 Å². The van der Waals surface area contributed by atoms with E-state index in [-0.39, 0.29) is 12.0 Å². The van der Waals surface area contributed by atoms with Crippen LogP contribution in [0.4, 0.5) is 0 Å². The van der Waals surface area contributed by atoms with Crippen LogP contribution in [0.25, 0.3) is 0 Å². The fourth-order valence-corrected chi connectivity index (χ4v) is 1.47. The van der Waals surface area contributed by atoms with Crippen molar-refractivity contribution in [3.63, 3.8) is 0 Å². The van der Waals surface area contributed by atoms with Crippen LogP contribution in [0.2, 0.25) is 0 Å². The van der Waals surface area contributed by atoms with Crippen LogP contribution in [0.1, 0.15) is 19.3 Å². The first-order valence-electron chi connectivity index (χ1n) is 3.94. The molecule has 0 aromatic rings. The minimum Gasteiger partial charge on any atom is -0.359 e. The molecule has 0 aromatic heterocycles. The third-order valence-electron chi connectivity index (χ3n) is 2.08. The van der Waals surface area contributed by atoms with E-state index >= 15 is 0 Å². The molecule has 2 unspecified atom stereocenters. The van der Waals surface area contributed by atoms with E-state index in [0.717, 1.165) is 25.5 Å². The fourth-order valence-electron chi connectivity index (χ4n) is 1.47. The molecule has 0 radical (unpaired) electrons. The van der Waals surface area contributed by atoms with E-state index in [4.69, 9.17) is 9.47 Å². The second-order valence-corrected chi connectivity index (χ2v) is 2.84. The standard InChI is InChI=1S/C8H14O3/c1-10-6-11-8-4-2-3-7(8)5-9/h5,7-8H,2-4,6H2,1H3. The van der Waals surface area contributed by atoms with E-state index in [0.29, 0.717) is 6.79 Å². The van der Waals surface area contributed by atoms with Gasteiger partial charge in [-0.1, -0.05) is 6.42 Å². The third-order valence-corrected chi connectivity index (χ3v) is 2.08. The largest absolute Gasteiger partial charge is 0.359 e. The maximum atomic E-state index is 10.5. The number of rotatable bonds is 4. The van der Waals surface area contributed by atoms with Crippen molar-refractivity contribution in [2.24, 2.45) is 5.92 Å². The highest BCUT2D eigenvalue weighted by Gasteiger charge is 2.27. The molecule has 0 amide bonds. The fraction of sp³-hybridized carbons (Fsp3) is 0.875. The predicted molar refractivity (Wildman–Crippen MR) is 40.2 cm³/mol. The zero-order valence-corrected chi connectivity index (χ0v) is 6.79. The second-order valence-electron chi connectivity index (χ2n) is 2.84. The van der Waals surface area contributed by atoms with Crippen LogP contribution in [-0.2, 0) is 14.3 Å². The van der Waals surface area contributed by atoms with Gasteiger partial charge in [0.05, 0.1) is 6.10 Å². The number of carbonyl (C=O) groups is 1. The molecule has 3 nitrogen and oxygen atoms in total. The molecule has 0 spiro atoms. The van der Waals surface area contributed by atoms with Crippen LogP contribution < -0.4 is 0 Å². The summed E-state index contributed by atoms with van der Waals surface area (Å²) in [5, 5.41) is 0. The molecule has 0 aromatic carbocycles. The van der Waals surface area contributed by atoms with E-state index in [9.17, 15) is 4.79 Å². The Morgan fingerprint density at radius 3 is 3.00 bits per heavy atom. The predicted octanol–water partition coefficient (Wildman–Crippen LogP) is 0.975. The minimum absolute atomic E-state index is 0.102. The molecule has 1 rings (SSSR count). The Labute approximate surface area is 66.7 Å². The molecule has 64 valence electrons. The van der Waals surface area contributed by atoms with Gasteiger partial charge in [0, 0.05) is 13.0 Å². The van der Waals surface area contributed by atoms with E-state index in [1.54, 1.807) is 7.11 Å². The summed E-state index contributed by atoms with van der Waals surface area (Å²) in [5.74, 6) is 0.102. The zero-order valence-electron chi connectivity index (χ0n) is 6.79. The highest BCUT2D eigenvalue weighted by atomic mass is 16.7. The van der Waals surface area contributed by atoms with Crippen molar-refractivity contribution < 1.29 is 14.3 Å². The summed E-state index contributed by atoms with van der Waals surface area (Å²) in [6, 6.07) is 0. The Kier molecular flexibility index (Phi) is 3.52. The number of ether oxygens (including phenoxy) is 2. The Bertz CT molecular complexity index is 125. The molecule has 0 saturated heterocycles. The first-order chi connectivity index (χ1) is 5.38. The zero-order chi connectivity index (χ0) is 8.10. The number of methoxy groups -OCH3 is 1. The molecule has 1 aliphatic carbocycles. The summed E-state index contributed by atoms with van der Waals surface area (Å²) < 4.78 is 10.1. The summed E-state index contributed by atoms with van der Waals surface area (Å²) in [6.07, 6.45) is 4.16. The average Bonchev–Trinajstić information content (AvgIpc) is 2.47. The molecule has 0 bridgehead atoms. The van der Waals surface area contributed by atoms with Gasteiger partial charge in [-0.05, 0) is 12.8 Å². The van der Waals surface area contributed by atoms with Gasteiger partial charge in [-0.3, -0.25) is 0 Å². The van der Waals surface area contributed by atoms with E-state index in [1.807, 2.05) is 0 Å². The lowest BCUT2D eigenvalue weighted by atomic mass is 10.1. The first kappa shape index (κ1) is 8.68. The van der Waals surface area contributed by atoms with Gasteiger partial charge < -0.3 is 14.3 Å². The molecular weight excluding hydrogens is 144 g/mol. The highest BCUT2D eigenvalue weighted by molar-refractivity contribution is 5.55. The van der Waals surface area contributed by atoms with Crippen LogP contribution in [0.3, 0.4) is 0 Å². The first-order valence-corrected chi connectivity index (χ1v) is 3.94. The smallest absolute Gasteiger partial charge is 0.146 e. The molecule has 1 fully saturated rings. The van der Waals surface area contributed by atoms with Crippen molar-refractivity contribution in [3.8, 4) is 0 Å². The van der Waals surface area contributed by atoms with Crippen molar-refractivity contribution >= 4 is 6.29 Å². The molecule has 0 heterocycles. The second kappa shape index (κ2) is 4.46. The SMILES string of the molecule is COCOC1CCCC1C=O. The molecule has 1 saturated carbocycles. The van der Waals surface area contributed by atoms with Crippen LogP contribution >= 0.6 is 0 Å². The van der Waals surface area contributed by atoms with Gasteiger partial charge in [0.1, 0.15) is 13.1 Å². The van der Waals surface area contributed by atoms with Gasteiger partial charge in [0.15, 0.2) is 0 Å². The van der Waals surface area contributed by atoms with E-state index in [2.05, 4.69) is 0 Å². The maximum Gasteiger partial charge on any atom is 0.146 e. The molecule has 0 aliphatic heterocycles. The summed E-state index contributed by atoms with van der Waals surface area (Å²) in [6.45, 7) is 0.301. The number of carbonyl (C=O) groups excluding carboxylic acids is 1. The maximum absolute atomic E-state index is 10.5. The molecule has 11 heavy (non-hydrogen) atoms. The van der Waals surface area contributed by atoms with Crippen LogP contribution in [0, 0.1) is 5.92 Å². The Morgan fingerprint density at radius 2 is 2.36 bits per heavy atom. The highest BCUT2D eigenvalue weighted by Crippen LogP contribution is 2.26. The van der Waals surface area contributed by atoms with Gasteiger partial charge in [-0.25, -0.2) is 0 Å². The van der Waals surface area contributed by atoms with Crippen LogP contribution in [0.15, 0.2) is 0 Å². The Hall–Kier alpha value is -0.410. The van der Waals surface area contributed by atoms with Crippen molar-refractivity contribution in [3.05, 3.63) is 0 Å². The van der Waals surface area contributed by atoms with E-state index in [1.165, 1.54) is 0 Å². The van der Waals surface area contributed by atoms with Crippen molar-refractivity contribution in [2.75, 3.05) is 13.9 Å². The summed E-state index contributed by atoms with van der Waals surface area (Å²) >= 11 is 0. The van der Waals surface area contributed by atoms with Gasteiger partial charge in [-0.15, -0.1) is 0 Å². The number of aldehydes is 1. The van der Waals surface area contributed by atoms with Crippen LogP contribution in [0.5, 0.6) is 0 Å². The lowest BCUT2D eigenvalue weighted by Crippen LogP contribution is -2.20. The molecule has 2 atom stereocenters. The third kappa shape index (κ3) is 2.27. The van der Waals surface area contributed by atoms with Crippen molar-refractivity contribution in [2.45, 2.75) is 25.4 Å². The van der Waals surface area contributed by atoms with Gasteiger partial charge in [-0.2, -0.15) is 0 Å². The molecule has 0 N–H and O–H groups in total. The number of hydrogen-bond donors (Lipinski definition) is 0. The lowest BCUT2D eigenvalue weighted by molar-refractivity contribution is -0.120. The summed E-state index contributed by atoms with van der Waals surface area (Å²) in [5.41, 5.74) is 0. The Balaban J connectivity index is 2.25. The Morgan fingerprint density at radius 1 is 1.55 bits per heavy atom. The van der Waals surface area contributed by atoms with Gasteiger partial charge in [0.25, 0.3) is 0 Å². The summed E-state index contributed by atoms with van der Waals surface area (Å²) in [4.78, 5) is 10.5. The quantitative estimate of drug-likeness (QED) is 0.452. The van der Waals surface area contributed by atoms with Gasteiger partial charge in [0.2, 0.25) is 0 Å². The monoisotopic (exact) mass is 158 g/mol. The van der Waals surface area contributed by atoms with Crippen molar-refractivity contribution in [1.29, 1.82) is 0 Å². The van der Waals surface area contributed by atoms with E-state index < -0.39 is 0 Å². The average molecular weight is 158 g/mol. The molecular formula is C8H14O3. The summed E-state index contributed by atoms with van der Waals surface area (Å²) in [7, 11) is 1.59. The minimum atomic E-state index is 0.102. The van der Waals surface area contributed by atoms with Crippen molar-refractivity contribution in [1.82, 2.24) is 0 Å². The normalized spacial score (nSPS) is 30.6.